The average Bonchev–Trinajstić information content (AvgIpc) is 2.70. The van der Waals surface area contributed by atoms with Gasteiger partial charge in [-0.05, 0) is 19.9 Å². The fourth-order valence-electron chi connectivity index (χ4n) is 2.40. The molecule has 1 atom stereocenters. The summed E-state index contributed by atoms with van der Waals surface area (Å²) in [5, 5.41) is 7.92. The minimum Gasteiger partial charge on any atom is -0.351 e. The van der Waals surface area contributed by atoms with E-state index in [1.807, 2.05) is 29.8 Å². The topological polar surface area (TPSA) is 45.5 Å². The predicted molar refractivity (Wildman–Crippen MR) is 67.4 cm³/mol. The molecule has 1 N–H and O–H groups in total. The minimum atomic E-state index is 0.485. The Labute approximate surface area is 100 Å². The number of rotatable bonds is 1. The molecule has 90 valence electrons. The van der Waals surface area contributed by atoms with E-state index in [1.165, 1.54) is 0 Å². The van der Waals surface area contributed by atoms with E-state index in [1.54, 1.807) is 0 Å². The molecule has 1 aliphatic heterocycles. The highest BCUT2D eigenvalue weighted by Gasteiger charge is 2.20. The number of nitrogens with one attached hydrogen (secondary N) is 1. The van der Waals surface area contributed by atoms with Crippen LogP contribution in [0.2, 0.25) is 0 Å². The molecule has 1 fully saturated rings. The molecule has 0 bridgehead atoms. The van der Waals surface area contributed by atoms with Gasteiger partial charge in [-0.1, -0.05) is 0 Å². The van der Waals surface area contributed by atoms with Crippen LogP contribution in [0, 0.1) is 6.92 Å². The van der Waals surface area contributed by atoms with Crippen LogP contribution < -0.4 is 10.2 Å². The van der Waals surface area contributed by atoms with Gasteiger partial charge in [0.1, 0.15) is 5.82 Å². The van der Waals surface area contributed by atoms with Crippen LogP contribution in [0.15, 0.2) is 18.3 Å². The van der Waals surface area contributed by atoms with Gasteiger partial charge in [0.05, 0.1) is 5.69 Å². The molecule has 5 nitrogen and oxygen atoms in total. The zero-order valence-corrected chi connectivity index (χ0v) is 10.2. The molecule has 0 aliphatic carbocycles. The summed E-state index contributed by atoms with van der Waals surface area (Å²) >= 11 is 0. The van der Waals surface area contributed by atoms with Crippen LogP contribution in [-0.2, 0) is 0 Å². The highest BCUT2D eigenvalue weighted by Crippen LogP contribution is 2.19. The molecular formula is C12H17N5. The summed E-state index contributed by atoms with van der Waals surface area (Å²) in [7, 11) is 0. The lowest BCUT2D eigenvalue weighted by molar-refractivity contribution is 0.493. The highest BCUT2D eigenvalue weighted by atomic mass is 15.4. The standard InChI is InChI=1S/C12H17N5/c1-9-7-11-14-4-3-12(17(11)15-9)16-6-5-13-8-10(16)2/h3-4,7,10,13H,5-6,8H2,1-2H3/t10-/m0/s1. The fraction of sp³-hybridized carbons (Fsp3) is 0.500. The first-order valence-corrected chi connectivity index (χ1v) is 6.04. The highest BCUT2D eigenvalue weighted by molar-refractivity contribution is 5.50. The van der Waals surface area contributed by atoms with Crippen molar-refractivity contribution in [2.24, 2.45) is 0 Å². The predicted octanol–water partition coefficient (Wildman–Crippen LogP) is 0.836. The quantitative estimate of drug-likeness (QED) is 0.790. The van der Waals surface area contributed by atoms with E-state index in [0.29, 0.717) is 6.04 Å². The van der Waals surface area contributed by atoms with Crippen LogP contribution in [0.4, 0.5) is 5.82 Å². The molecule has 1 saturated heterocycles. The molecular weight excluding hydrogens is 214 g/mol. The number of hydrogen-bond donors (Lipinski definition) is 1. The lowest BCUT2D eigenvalue weighted by Gasteiger charge is -2.35. The second kappa shape index (κ2) is 4.00. The van der Waals surface area contributed by atoms with Crippen LogP contribution in [0.25, 0.3) is 5.65 Å². The molecule has 0 spiro atoms. The normalized spacial score (nSPS) is 21.1. The summed E-state index contributed by atoms with van der Waals surface area (Å²) in [5.74, 6) is 1.14. The van der Waals surface area contributed by atoms with Gasteiger partial charge in [0.15, 0.2) is 5.65 Å². The number of fused-ring (bicyclic) bond motifs is 1. The third-order valence-corrected chi connectivity index (χ3v) is 3.26. The smallest absolute Gasteiger partial charge is 0.157 e. The minimum absolute atomic E-state index is 0.485. The molecule has 3 heterocycles. The number of piperazine rings is 1. The van der Waals surface area contributed by atoms with Gasteiger partial charge in [-0.3, -0.25) is 0 Å². The second-order valence-electron chi connectivity index (χ2n) is 4.61. The summed E-state index contributed by atoms with van der Waals surface area (Å²) < 4.78 is 1.94. The van der Waals surface area contributed by atoms with E-state index in [9.17, 15) is 0 Å². The van der Waals surface area contributed by atoms with E-state index in [4.69, 9.17) is 0 Å². The number of nitrogens with zero attached hydrogens (tertiary/aromatic N) is 4. The molecule has 0 unspecified atom stereocenters. The Balaban J connectivity index is 2.09. The van der Waals surface area contributed by atoms with Gasteiger partial charge in [-0.2, -0.15) is 9.61 Å². The lowest BCUT2D eigenvalue weighted by atomic mass is 10.2. The first-order valence-electron chi connectivity index (χ1n) is 6.04. The number of aryl methyl sites for hydroxylation is 1. The summed E-state index contributed by atoms with van der Waals surface area (Å²) in [6.45, 7) is 7.28. The van der Waals surface area contributed by atoms with Crippen molar-refractivity contribution in [1.82, 2.24) is 19.9 Å². The van der Waals surface area contributed by atoms with Crippen LogP contribution in [0.3, 0.4) is 0 Å². The van der Waals surface area contributed by atoms with Gasteiger partial charge in [0.2, 0.25) is 0 Å². The zero-order chi connectivity index (χ0) is 11.8. The Bertz CT molecular complexity index is 533. The first kappa shape index (κ1) is 10.5. The van der Waals surface area contributed by atoms with Crippen molar-refractivity contribution in [2.45, 2.75) is 19.9 Å². The third kappa shape index (κ3) is 1.76. The van der Waals surface area contributed by atoms with E-state index in [2.05, 4.69) is 27.2 Å². The maximum Gasteiger partial charge on any atom is 0.157 e. The zero-order valence-electron chi connectivity index (χ0n) is 10.2. The van der Waals surface area contributed by atoms with Crippen molar-refractivity contribution >= 4 is 11.5 Å². The van der Waals surface area contributed by atoms with Crippen molar-refractivity contribution in [1.29, 1.82) is 0 Å². The molecule has 2 aromatic rings. The summed E-state index contributed by atoms with van der Waals surface area (Å²) in [4.78, 5) is 6.73. The van der Waals surface area contributed by atoms with Crippen molar-refractivity contribution in [3.05, 3.63) is 24.0 Å². The third-order valence-electron chi connectivity index (χ3n) is 3.26. The summed E-state index contributed by atoms with van der Waals surface area (Å²) in [5.41, 5.74) is 1.93. The van der Waals surface area contributed by atoms with Gasteiger partial charge in [0, 0.05) is 37.9 Å². The Kier molecular flexibility index (Phi) is 2.48. The monoisotopic (exact) mass is 231 g/mol. The molecule has 3 rings (SSSR count). The van der Waals surface area contributed by atoms with E-state index in [0.717, 1.165) is 36.8 Å². The van der Waals surface area contributed by atoms with E-state index < -0.39 is 0 Å². The molecule has 0 saturated carbocycles. The van der Waals surface area contributed by atoms with Crippen molar-refractivity contribution in [3.63, 3.8) is 0 Å². The van der Waals surface area contributed by atoms with Crippen LogP contribution >= 0.6 is 0 Å². The fourth-order valence-corrected chi connectivity index (χ4v) is 2.40. The summed E-state index contributed by atoms with van der Waals surface area (Å²) in [6, 6.07) is 4.54. The number of hydrogen-bond acceptors (Lipinski definition) is 4. The van der Waals surface area contributed by atoms with Crippen LogP contribution in [0.5, 0.6) is 0 Å². The van der Waals surface area contributed by atoms with Gasteiger partial charge in [0.25, 0.3) is 0 Å². The molecule has 2 aromatic heterocycles. The Hall–Kier alpha value is -1.62. The molecule has 17 heavy (non-hydrogen) atoms. The average molecular weight is 231 g/mol. The van der Waals surface area contributed by atoms with Crippen molar-refractivity contribution in [2.75, 3.05) is 24.5 Å². The SMILES string of the molecule is Cc1cc2nccc(N3CCNC[C@@H]3C)n2n1. The maximum absolute atomic E-state index is 4.51. The maximum atomic E-state index is 4.51. The largest absolute Gasteiger partial charge is 0.351 e. The molecule has 0 aromatic carbocycles. The Morgan fingerprint density at radius 1 is 1.47 bits per heavy atom. The van der Waals surface area contributed by atoms with Crippen molar-refractivity contribution < 1.29 is 0 Å². The van der Waals surface area contributed by atoms with Crippen molar-refractivity contribution in [3.8, 4) is 0 Å². The van der Waals surface area contributed by atoms with Gasteiger partial charge in [-0.25, -0.2) is 4.98 Å². The van der Waals surface area contributed by atoms with Gasteiger partial charge in [-0.15, -0.1) is 0 Å². The lowest BCUT2D eigenvalue weighted by Crippen LogP contribution is -2.50. The first-order chi connectivity index (χ1) is 8.25. The van der Waals surface area contributed by atoms with E-state index >= 15 is 0 Å². The molecule has 0 amide bonds. The van der Waals surface area contributed by atoms with Crippen LogP contribution in [0.1, 0.15) is 12.6 Å². The van der Waals surface area contributed by atoms with Gasteiger partial charge < -0.3 is 10.2 Å². The van der Waals surface area contributed by atoms with E-state index in [-0.39, 0.29) is 0 Å². The second-order valence-corrected chi connectivity index (χ2v) is 4.61. The number of aromatic nitrogens is 3. The van der Waals surface area contributed by atoms with Crippen LogP contribution in [-0.4, -0.2) is 40.3 Å². The summed E-state index contributed by atoms with van der Waals surface area (Å²) in [6.07, 6.45) is 1.86. The molecule has 0 radical (unpaired) electrons. The number of anilines is 1. The Morgan fingerprint density at radius 2 is 2.35 bits per heavy atom. The Morgan fingerprint density at radius 3 is 3.18 bits per heavy atom. The molecule has 1 aliphatic rings. The molecule has 5 heteroatoms. The van der Waals surface area contributed by atoms with Gasteiger partial charge >= 0.3 is 0 Å².